The van der Waals surface area contributed by atoms with Gasteiger partial charge in [-0.2, -0.15) is 5.26 Å². The lowest BCUT2D eigenvalue weighted by Gasteiger charge is -2.31. The van der Waals surface area contributed by atoms with Gasteiger partial charge < -0.3 is 5.11 Å². The van der Waals surface area contributed by atoms with Gasteiger partial charge in [0.2, 0.25) is 0 Å². The molecule has 0 aliphatic heterocycles. The van der Waals surface area contributed by atoms with Gasteiger partial charge in [0, 0.05) is 0 Å². The van der Waals surface area contributed by atoms with E-state index in [1.807, 2.05) is 6.92 Å². The number of rotatable bonds is 5. The van der Waals surface area contributed by atoms with Crippen LogP contribution in [0.4, 0.5) is 0 Å². The van der Waals surface area contributed by atoms with Crippen LogP contribution >= 0.6 is 0 Å². The molecule has 1 saturated carbocycles. The maximum absolute atomic E-state index is 10.3. The van der Waals surface area contributed by atoms with E-state index in [-0.39, 0.29) is 5.92 Å². The standard InChI is InChI=1S/C11H19NO/c1-3-5-10(8-12)11(13,4-2)9-6-7-9/h9-10,13H,3-7H2,1-2H3. The summed E-state index contributed by atoms with van der Waals surface area (Å²) in [5.74, 6) is 0.240. The van der Waals surface area contributed by atoms with Gasteiger partial charge in [0.15, 0.2) is 0 Å². The Morgan fingerprint density at radius 3 is 2.46 bits per heavy atom. The zero-order valence-corrected chi connectivity index (χ0v) is 8.58. The molecule has 2 unspecified atom stereocenters. The van der Waals surface area contributed by atoms with Gasteiger partial charge in [-0.1, -0.05) is 20.3 Å². The van der Waals surface area contributed by atoms with Gasteiger partial charge in [0.05, 0.1) is 17.6 Å². The molecular formula is C11H19NO. The summed E-state index contributed by atoms with van der Waals surface area (Å²) >= 11 is 0. The third kappa shape index (κ3) is 2.03. The zero-order valence-electron chi connectivity index (χ0n) is 8.58. The van der Waals surface area contributed by atoms with Gasteiger partial charge in [-0.25, -0.2) is 0 Å². The van der Waals surface area contributed by atoms with Crippen molar-refractivity contribution < 1.29 is 5.11 Å². The maximum atomic E-state index is 10.3. The fraction of sp³-hybridized carbons (Fsp3) is 0.909. The lowest BCUT2D eigenvalue weighted by atomic mass is 9.79. The minimum Gasteiger partial charge on any atom is -0.388 e. The number of hydrogen-bond donors (Lipinski definition) is 1. The molecule has 1 rings (SSSR count). The molecule has 0 aromatic rings. The third-order valence-corrected chi connectivity index (χ3v) is 3.19. The zero-order chi connectivity index (χ0) is 9.90. The minimum absolute atomic E-state index is 0.157. The Morgan fingerprint density at radius 2 is 2.15 bits per heavy atom. The average Bonchev–Trinajstić information content (AvgIpc) is 2.96. The highest BCUT2D eigenvalue weighted by molar-refractivity contribution is 5.05. The van der Waals surface area contributed by atoms with Crippen LogP contribution in [-0.4, -0.2) is 10.7 Å². The molecule has 0 saturated heterocycles. The molecule has 0 bridgehead atoms. The Hall–Kier alpha value is -0.550. The first kappa shape index (κ1) is 10.5. The fourth-order valence-corrected chi connectivity index (χ4v) is 2.12. The average molecular weight is 181 g/mol. The smallest absolute Gasteiger partial charge is 0.0830 e. The summed E-state index contributed by atoms with van der Waals surface area (Å²) in [6.07, 6.45) is 4.74. The first-order chi connectivity index (χ1) is 6.19. The number of hydrogen-bond acceptors (Lipinski definition) is 2. The highest BCUT2D eigenvalue weighted by Gasteiger charge is 2.47. The van der Waals surface area contributed by atoms with Crippen LogP contribution in [0.15, 0.2) is 0 Å². The van der Waals surface area contributed by atoms with E-state index in [4.69, 9.17) is 5.26 Å². The van der Waals surface area contributed by atoms with Crippen molar-refractivity contribution >= 4 is 0 Å². The van der Waals surface area contributed by atoms with Crippen LogP contribution in [0, 0.1) is 23.2 Å². The Bertz CT molecular complexity index is 205. The molecule has 0 aromatic heterocycles. The summed E-state index contributed by atoms with van der Waals surface area (Å²) in [7, 11) is 0. The van der Waals surface area contributed by atoms with Crippen molar-refractivity contribution in [2.75, 3.05) is 0 Å². The van der Waals surface area contributed by atoms with Crippen molar-refractivity contribution in [2.24, 2.45) is 11.8 Å². The Kier molecular flexibility index (Phi) is 3.33. The summed E-state index contributed by atoms with van der Waals surface area (Å²) in [6, 6.07) is 2.27. The van der Waals surface area contributed by atoms with Gasteiger partial charge in [-0.3, -0.25) is 0 Å². The predicted octanol–water partition coefficient (Wildman–Crippen LogP) is 2.48. The SMILES string of the molecule is CCCC(C#N)C(O)(CC)C1CC1. The summed E-state index contributed by atoms with van der Waals surface area (Å²) in [4.78, 5) is 0. The molecule has 0 radical (unpaired) electrons. The predicted molar refractivity (Wildman–Crippen MR) is 52.0 cm³/mol. The van der Waals surface area contributed by atoms with Gasteiger partial charge in [-0.15, -0.1) is 0 Å². The molecule has 1 aliphatic rings. The van der Waals surface area contributed by atoms with E-state index < -0.39 is 5.60 Å². The second kappa shape index (κ2) is 4.11. The third-order valence-electron chi connectivity index (χ3n) is 3.19. The summed E-state index contributed by atoms with van der Waals surface area (Å²) in [5, 5.41) is 19.3. The molecule has 2 heteroatoms. The van der Waals surface area contributed by atoms with E-state index in [9.17, 15) is 5.11 Å². The highest BCUT2D eigenvalue weighted by Crippen LogP contribution is 2.46. The summed E-state index contributed by atoms with van der Waals surface area (Å²) < 4.78 is 0. The normalized spacial score (nSPS) is 23.2. The largest absolute Gasteiger partial charge is 0.388 e. The summed E-state index contributed by atoms with van der Waals surface area (Å²) in [5.41, 5.74) is -0.690. The molecule has 13 heavy (non-hydrogen) atoms. The van der Waals surface area contributed by atoms with Crippen LogP contribution in [0.3, 0.4) is 0 Å². The van der Waals surface area contributed by atoms with Crippen molar-refractivity contribution in [2.45, 2.75) is 51.6 Å². The van der Waals surface area contributed by atoms with Gasteiger partial charge in [-0.05, 0) is 31.6 Å². The van der Waals surface area contributed by atoms with Crippen molar-refractivity contribution in [1.82, 2.24) is 0 Å². The van der Waals surface area contributed by atoms with Gasteiger partial charge in [0.25, 0.3) is 0 Å². The number of nitrogens with zero attached hydrogens (tertiary/aromatic N) is 1. The monoisotopic (exact) mass is 181 g/mol. The molecule has 1 N–H and O–H groups in total. The van der Waals surface area contributed by atoms with Crippen molar-refractivity contribution in [3.63, 3.8) is 0 Å². The first-order valence-corrected chi connectivity index (χ1v) is 5.31. The van der Waals surface area contributed by atoms with Crippen LogP contribution in [-0.2, 0) is 0 Å². The Labute approximate surface area is 80.6 Å². The molecule has 74 valence electrons. The quantitative estimate of drug-likeness (QED) is 0.708. The van der Waals surface area contributed by atoms with Crippen LogP contribution in [0.25, 0.3) is 0 Å². The number of nitriles is 1. The van der Waals surface area contributed by atoms with E-state index in [1.54, 1.807) is 0 Å². The molecule has 0 heterocycles. The molecule has 2 atom stereocenters. The van der Waals surface area contributed by atoms with Crippen molar-refractivity contribution in [3.8, 4) is 6.07 Å². The lowest BCUT2D eigenvalue weighted by Crippen LogP contribution is -2.38. The molecule has 2 nitrogen and oxygen atoms in total. The molecule has 0 aromatic carbocycles. The second-order valence-corrected chi connectivity index (χ2v) is 4.09. The minimum atomic E-state index is -0.690. The van der Waals surface area contributed by atoms with Crippen molar-refractivity contribution in [3.05, 3.63) is 0 Å². The highest BCUT2D eigenvalue weighted by atomic mass is 16.3. The molecule has 0 spiro atoms. The van der Waals surface area contributed by atoms with Crippen LogP contribution in [0.1, 0.15) is 46.0 Å². The van der Waals surface area contributed by atoms with E-state index in [0.717, 1.165) is 32.1 Å². The lowest BCUT2D eigenvalue weighted by molar-refractivity contribution is -0.0258. The fourth-order valence-electron chi connectivity index (χ4n) is 2.12. The van der Waals surface area contributed by atoms with Gasteiger partial charge in [0.1, 0.15) is 0 Å². The van der Waals surface area contributed by atoms with E-state index >= 15 is 0 Å². The topological polar surface area (TPSA) is 44.0 Å². The molecule has 1 aliphatic carbocycles. The van der Waals surface area contributed by atoms with Crippen LogP contribution in [0.2, 0.25) is 0 Å². The molecule has 1 fully saturated rings. The first-order valence-electron chi connectivity index (χ1n) is 5.31. The molecular weight excluding hydrogens is 162 g/mol. The maximum Gasteiger partial charge on any atom is 0.0830 e. The van der Waals surface area contributed by atoms with E-state index in [0.29, 0.717) is 5.92 Å². The number of aliphatic hydroxyl groups is 1. The Balaban J connectivity index is 2.66. The Morgan fingerprint density at radius 1 is 1.54 bits per heavy atom. The van der Waals surface area contributed by atoms with Crippen molar-refractivity contribution in [1.29, 1.82) is 5.26 Å². The van der Waals surface area contributed by atoms with Crippen LogP contribution in [0.5, 0.6) is 0 Å². The summed E-state index contributed by atoms with van der Waals surface area (Å²) in [6.45, 7) is 4.05. The molecule has 0 amide bonds. The van der Waals surface area contributed by atoms with E-state index in [2.05, 4.69) is 13.0 Å². The van der Waals surface area contributed by atoms with Crippen LogP contribution < -0.4 is 0 Å². The van der Waals surface area contributed by atoms with E-state index in [1.165, 1.54) is 0 Å². The van der Waals surface area contributed by atoms with Gasteiger partial charge >= 0.3 is 0 Å². The second-order valence-electron chi connectivity index (χ2n) is 4.09.